The number of Topliss-reactive ketones (excluding diaryl/α,β-unsaturated/α-hetero) is 1. The Hall–Kier alpha value is -4.00. The van der Waals surface area contributed by atoms with Gasteiger partial charge in [-0.05, 0) is 65.9 Å². The van der Waals surface area contributed by atoms with Gasteiger partial charge >= 0.3 is 0 Å². The largest absolute Gasteiger partial charge is 0.508 e. The van der Waals surface area contributed by atoms with E-state index >= 15 is 0 Å². The molecule has 3 aromatic rings. The number of benzene rings is 2. The van der Waals surface area contributed by atoms with Crippen LogP contribution in [-0.2, 0) is 16.1 Å². The normalized spacial score (nSPS) is 17.6. The minimum absolute atomic E-state index is 0.00906. The van der Waals surface area contributed by atoms with Crippen molar-refractivity contribution in [3.05, 3.63) is 88.4 Å². The van der Waals surface area contributed by atoms with Crippen molar-refractivity contribution in [1.82, 2.24) is 4.90 Å². The molecule has 0 radical (unpaired) electrons. The second-order valence-corrected chi connectivity index (χ2v) is 8.66. The molecule has 1 aliphatic rings. The van der Waals surface area contributed by atoms with Gasteiger partial charge in [-0.15, -0.1) is 0 Å². The Morgan fingerprint density at radius 2 is 1.85 bits per heavy atom. The highest BCUT2D eigenvalue weighted by Gasteiger charge is 2.46. The number of hydrogen-bond acceptors (Lipinski definition) is 6. The fourth-order valence-electron chi connectivity index (χ4n) is 4.34. The number of rotatable bonds is 6. The summed E-state index contributed by atoms with van der Waals surface area (Å²) in [5.74, 6) is -0.392. The molecule has 0 bridgehead atoms. The van der Waals surface area contributed by atoms with Crippen LogP contribution >= 0.6 is 0 Å². The lowest BCUT2D eigenvalue weighted by Gasteiger charge is -2.25. The van der Waals surface area contributed by atoms with Gasteiger partial charge in [0.1, 0.15) is 23.0 Å². The zero-order chi connectivity index (χ0) is 24.6. The Morgan fingerprint density at radius 1 is 1.15 bits per heavy atom. The van der Waals surface area contributed by atoms with Gasteiger partial charge in [0.25, 0.3) is 11.7 Å². The third-order valence-corrected chi connectivity index (χ3v) is 6.11. The lowest BCUT2D eigenvalue weighted by molar-refractivity contribution is -0.140. The van der Waals surface area contributed by atoms with Gasteiger partial charge < -0.3 is 24.3 Å². The van der Waals surface area contributed by atoms with Crippen molar-refractivity contribution < 1.29 is 29.0 Å². The average molecular weight is 462 g/mol. The third-order valence-electron chi connectivity index (χ3n) is 6.11. The molecule has 1 atom stereocenters. The Balaban J connectivity index is 1.92. The molecule has 1 aliphatic heterocycles. The summed E-state index contributed by atoms with van der Waals surface area (Å²) in [6.45, 7) is 5.89. The predicted octanol–water partition coefficient (Wildman–Crippen LogP) is 5.05. The Morgan fingerprint density at radius 3 is 2.44 bits per heavy atom. The molecule has 1 aromatic heterocycles. The molecule has 176 valence electrons. The molecule has 0 spiro atoms. The van der Waals surface area contributed by atoms with Crippen molar-refractivity contribution in [3.63, 3.8) is 0 Å². The summed E-state index contributed by atoms with van der Waals surface area (Å²) in [7, 11) is 1.59. The predicted molar refractivity (Wildman–Crippen MR) is 126 cm³/mol. The molecule has 0 aliphatic carbocycles. The SMILES string of the molecule is COc1cc(C)c(/C(O)=C2\C(=O)C(=O)N(Cc3ccco3)C2c2ccc(O)cc2)cc1C(C)C. The van der Waals surface area contributed by atoms with Crippen molar-refractivity contribution in [2.45, 2.75) is 39.3 Å². The highest BCUT2D eigenvalue weighted by atomic mass is 16.5. The van der Waals surface area contributed by atoms with E-state index in [-0.39, 0.29) is 29.5 Å². The molecule has 7 nitrogen and oxygen atoms in total. The van der Waals surface area contributed by atoms with E-state index in [1.807, 2.05) is 32.9 Å². The first-order valence-corrected chi connectivity index (χ1v) is 11.0. The molecule has 1 fully saturated rings. The van der Waals surface area contributed by atoms with Crippen LogP contribution in [0.5, 0.6) is 11.5 Å². The van der Waals surface area contributed by atoms with Crippen LogP contribution in [0.25, 0.3) is 5.76 Å². The topological polar surface area (TPSA) is 100 Å². The highest BCUT2D eigenvalue weighted by Crippen LogP contribution is 2.42. The molecule has 2 aromatic carbocycles. The van der Waals surface area contributed by atoms with Crippen molar-refractivity contribution >= 4 is 17.4 Å². The number of likely N-dealkylation sites (tertiary alicyclic amines) is 1. The van der Waals surface area contributed by atoms with Crippen LogP contribution in [-0.4, -0.2) is 33.9 Å². The number of phenols is 1. The van der Waals surface area contributed by atoms with E-state index in [2.05, 4.69) is 0 Å². The zero-order valence-electron chi connectivity index (χ0n) is 19.5. The number of aromatic hydroxyl groups is 1. The standard InChI is InChI=1S/C27H27NO6/c1-15(2)20-13-21(16(3)12-22(20)33-4)25(30)23-24(17-7-9-18(29)10-8-17)28(27(32)26(23)31)14-19-6-5-11-34-19/h5-13,15,24,29-30H,14H2,1-4H3/b25-23+. The van der Waals surface area contributed by atoms with Gasteiger partial charge in [-0.3, -0.25) is 9.59 Å². The molecule has 1 saturated heterocycles. The molecule has 2 N–H and O–H groups in total. The minimum atomic E-state index is -0.852. The van der Waals surface area contributed by atoms with Crippen molar-refractivity contribution in [2.24, 2.45) is 0 Å². The first kappa shape index (κ1) is 23.2. The van der Waals surface area contributed by atoms with Gasteiger partial charge in [0.2, 0.25) is 0 Å². The Kier molecular flexibility index (Phi) is 6.20. The number of phenolic OH excluding ortho intramolecular Hbond substituents is 1. The second kappa shape index (κ2) is 9.09. The number of nitrogens with zero attached hydrogens (tertiary/aromatic N) is 1. The number of furan rings is 1. The molecule has 34 heavy (non-hydrogen) atoms. The fourth-order valence-corrected chi connectivity index (χ4v) is 4.34. The summed E-state index contributed by atoms with van der Waals surface area (Å²) in [6, 6.07) is 12.4. The zero-order valence-corrected chi connectivity index (χ0v) is 19.5. The first-order chi connectivity index (χ1) is 16.2. The van der Waals surface area contributed by atoms with Crippen LogP contribution in [0.2, 0.25) is 0 Å². The van der Waals surface area contributed by atoms with Crippen LogP contribution in [0.1, 0.15) is 53.8 Å². The molecule has 7 heteroatoms. The number of ether oxygens (including phenoxy) is 1. The number of hydrogen-bond donors (Lipinski definition) is 2. The van der Waals surface area contributed by atoms with Crippen molar-refractivity contribution in [2.75, 3.05) is 7.11 Å². The Labute approximate surface area is 197 Å². The average Bonchev–Trinajstić information content (AvgIpc) is 3.41. The lowest BCUT2D eigenvalue weighted by atomic mass is 9.91. The summed E-state index contributed by atoms with van der Waals surface area (Å²) in [5.41, 5.74) is 2.62. The summed E-state index contributed by atoms with van der Waals surface area (Å²) < 4.78 is 10.9. The van der Waals surface area contributed by atoms with E-state index in [1.165, 1.54) is 23.3 Å². The fraction of sp³-hybridized carbons (Fsp3) is 0.259. The van der Waals surface area contributed by atoms with Crippen LogP contribution < -0.4 is 4.74 Å². The molecular formula is C27H27NO6. The maximum absolute atomic E-state index is 13.2. The number of aliphatic hydroxyl groups excluding tert-OH is 1. The van der Waals surface area contributed by atoms with Gasteiger partial charge in [0, 0.05) is 5.56 Å². The van der Waals surface area contributed by atoms with Gasteiger partial charge in [0.05, 0.1) is 31.5 Å². The van der Waals surface area contributed by atoms with Gasteiger partial charge in [-0.25, -0.2) is 0 Å². The molecule has 4 rings (SSSR count). The van der Waals surface area contributed by atoms with E-state index in [0.29, 0.717) is 28.2 Å². The monoisotopic (exact) mass is 461 g/mol. The molecular weight excluding hydrogens is 434 g/mol. The van der Waals surface area contributed by atoms with Crippen LogP contribution in [0.3, 0.4) is 0 Å². The maximum atomic E-state index is 13.2. The van der Waals surface area contributed by atoms with E-state index in [1.54, 1.807) is 31.4 Å². The lowest BCUT2D eigenvalue weighted by Crippen LogP contribution is -2.29. The number of carbonyl (C=O) groups is 2. The van der Waals surface area contributed by atoms with E-state index < -0.39 is 17.7 Å². The molecule has 1 amide bonds. The third kappa shape index (κ3) is 4.05. The van der Waals surface area contributed by atoms with Gasteiger partial charge in [0.15, 0.2) is 0 Å². The minimum Gasteiger partial charge on any atom is -0.508 e. The number of ketones is 1. The summed E-state index contributed by atoms with van der Waals surface area (Å²) in [5, 5.41) is 21.2. The highest BCUT2D eigenvalue weighted by molar-refractivity contribution is 6.46. The first-order valence-electron chi connectivity index (χ1n) is 11.0. The molecule has 0 saturated carbocycles. The number of carbonyl (C=O) groups excluding carboxylic acids is 2. The van der Waals surface area contributed by atoms with Crippen LogP contribution in [0.15, 0.2) is 64.8 Å². The van der Waals surface area contributed by atoms with Crippen molar-refractivity contribution in [3.8, 4) is 11.5 Å². The number of aryl methyl sites for hydroxylation is 1. The summed E-state index contributed by atoms with van der Waals surface area (Å²) in [4.78, 5) is 27.7. The Bertz CT molecular complexity index is 1260. The van der Waals surface area contributed by atoms with Crippen LogP contribution in [0.4, 0.5) is 0 Å². The summed E-state index contributed by atoms with van der Waals surface area (Å²) >= 11 is 0. The van der Waals surface area contributed by atoms with Crippen LogP contribution in [0, 0.1) is 6.92 Å². The van der Waals surface area contributed by atoms with Crippen molar-refractivity contribution in [1.29, 1.82) is 0 Å². The summed E-state index contributed by atoms with van der Waals surface area (Å²) in [6.07, 6.45) is 1.50. The number of methoxy groups -OCH3 is 1. The number of aliphatic hydroxyl groups is 1. The maximum Gasteiger partial charge on any atom is 0.296 e. The smallest absolute Gasteiger partial charge is 0.296 e. The molecule has 2 heterocycles. The van der Waals surface area contributed by atoms with E-state index in [9.17, 15) is 19.8 Å². The van der Waals surface area contributed by atoms with E-state index in [4.69, 9.17) is 9.15 Å². The molecule has 1 unspecified atom stereocenters. The quantitative estimate of drug-likeness (QED) is 0.303. The van der Waals surface area contributed by atoms with Gasteiger partial charge in [-0.1, -0.05) is 26.0 Å². The van der Waals surface area contributed by atoms with Gasteiger partial charge in [-0.2, -0.15) is 0 Å². The van der Waals surface area contributed by atoms with E-state index in [0.717, 1.165) is 5.56 Å². The second-order valence-electron chi connectivity index (χ2n) is 8.66. The number of amides is 1.